The lowest BCUT2D eigenvalue weighted by Crippen LogP contribution is -2.14. The summed E-state index contributed by atoms with van der Waals surface area (Å²) in [6.07, 6.45) is 8.09. The van der Waals surface area contributed by atoms with Gasteiger partial charge in [0, 0.05) is 11.8 Å². The van der Waals surface area contributed by atoms with E-state index in [9.17, 15) is 0 Å². The van der Waals surface area contributed by atoms with Crippen molar-refractivity contribution in [1.29, 1.82) is 0 Å². The van der Waals surface area contributed by atoms with E-state index >= 15 is 0 Å². The molecule has 0 spiro atoms. The Balaban J connectivity index is 0.00000116. The molecule has 2 atom stereocenters. The second kappa shape index (κ2) is 8.17. The Kier molecular flexibility index (Phi) is 6.87. The highest BCUT2D eigenvalue weighted by Gasteiger charge is 2.22. The van der Waals surface area contributed by atoms with Crippen LogP contribution in [0.25, 0.3) is 0 Å². The van der Waals surface area contributed by atoms with Crippen LogP contribution in [0.5, 0.6) is 0 Å². The Hall–Kier alpha value is -1.56. The maximum atomic E-state index is 4.36. The second-order valence-corrected chi connectivity index (χ2v) is 6.82. The highest BCUT2D eigenvalue weighted by molar-refractivity contribution is 5.35. The number of benzene rings is 1. The standard InChI is InChI=1S/C20H26.C2H6/c1-15(17-9-7-6-8-10-17)16(2)18-11-13-19(14-12-18)20(3,4)5;1-2/h6-11,13-15,18H,2,12H2,1,3-5H3;1-2H3. The van der Waals surface area contributed by atoms with Crippen molar-refractivity contribution in [1.82, 2.24) is 0 Å². The van der Waals surface area contributed by atoms with Gasteiger partial charge in [0.05, 0.1) is 0 Å². The molecule has 1 aromatic carbocycles. The quantitative estimate of drug-likeness (QED) is 0.531. The first-order valence-corrected chi connectivity index (χ1v) is 8.52. The first-order valence-electron chi connectivity index (χ1n) is 8.52. The van der Waals surface area contributed by atoms with E-state index < -0.39 is 0 Å². The maximum Gasteiger partial charge on any atom is 0.00231 e. The zero-order chi connectivity index (χ0) is 16.8. The van der Waals surface area contributed by atoms with E-state index in [2.05, 4.69) is 82.8 Å². The molecule has 0 fully saturated rings. The van der Waals surface area contributed by atoms with Gasteiger partial charge in [-0.05, 0) is 23.0 Å². The maximum absolute atomic E-state index is 4.36. The molecule has 0 amide bonds. The average Bonchev–Trinajstić information content (AvgIpc) is 2.55. The van der Waals surface area contributed by atoms with Crippen LogP contribution in [0.15, 0.2) is 66.3 Å². The number of hydrogen-bond acceptors (Lipinski definition) is 0. The molecular formula is C22H32. The highest BCUT2D eigenvalue weighted by atomic mass is 14.3. The van der Waals surface area contributed by atoms with Gasteiger partial charge in [-0.25, -0.2) is 0 Å². The summed E-state index contributed by atoms with van der Waals surface area (Å²) in [5, 5.41) is 0. The van der Waals surface area contributed by atoms with Crippen LogP contribution >= 0.6 is 0 Å². The van der Waals surface area contributed by atoms with E-state index in [0.717, 1.165) is 6.42 Å². The van der Waals surface area contributed by atoms with Crippen LogP contribution in [0, 0.1) is 11.3 Å². The molecule has 0 heterocycles. The minimum Gasteiger partial charge on any atom is -0.0986 e. The van der Waals surface area contributed by atoms with Crippen LogP contribution < -0.4 is 0 Å². The topological polar surface area (TPSA) is 0 Å². The van der Waals surface area contributed by atoms with Crippen LogP contribution in [0.1, 0.15) is 59.4 Å². The molecule has 0 N–H and O–H groups in total. The molecule has 1 aliphatic carbocycles. The summed E-state index contributed by atoms with van der Waals surface area (Å²) in [7, 11) is 0. The third kappa shape index (κ3) is 4.73. The first-order chi connectivity index (χ1) is 10.4. The van der Waals surface area contributed by atoms with E-state index in [0.29, 0.717) is 11.8 Å². The van der Waals surface area contributed by atoms with Crippen molar-refractivity contribution in [2.24, 2.45) is 11.3 Å². The summed E-state index contributed by atoms with van der Waals surface area (Å²) in [5.41, 5.74) is 4.36. The Morgan fingerprint density at radius 1 is 1.14 bits per heavy atom. The van der Waals surface area contributed by atoms with Gasteiger partial charge in [-0.1, -0.05) is 102 Å². The van der Waals surface area contributed by atoms with Gasteiger partial charge in [-0.2, -0.15) is 0 Å². The fourth-order valence-corrected chi connectivity index (χ4v) is 2.73. The monoisotopic (exact) mass is 296 g/mol. The minimum atomic E-state index is 0.244. The number of rotatable bonds is 3. The zero-order valence-electron chi connectivity index (χ0n) is 15.2. The van der Waals surface area contributed by atoms with Crippen LogP contribution in [0.2, 0.25) is 0 Å². The Morgan fingerprint density at radius 3 is 2.18 bits per heavy atom. The largest absolute Gasteiger partial charge is 0.0986 e. The van der Waals surface area contributed by atoms with E-state index in [1.807, 2.05) is 13.8 Å². The second-order valence-electron chi connectivity index (χ2n) is 6.82. The third-order valence-corrected chi connectivity index (χ3v) is 4.30. The minimum absolute atomic E-state index is 0.244. The van der Waals surface area contributed by atoms with Crippen LogP contribution in [-0.2, 0) is 0 Å². The molecule has 1 aliphatic rings. The van der Waals surface area contributed by atoms with Gasteiger partial charge in [0.25, 0.3) is 0 Å². The molecule has 0 radical (unpaired) electrons. The molecule has 2 unspecified atom stereocenters. The zero-order valence-corrected chi connectivity index (χ0v) is 15.2. The fraction of sp³-hybridized carbons (Fsp3) is 0.455. The Bertz CT molecular complexity index is 523. The van der Waals surface area contributed by atoms with Crippen LogP contribution in [-0.4, -0.2) is 0 Å². The summed E-state index contributed by atoms with van der Waals surface area (Å²) in [6.45, 7) is 17.4. The van der Waals surface area contributed by atoms with Crippen LogP contribution in [0.4, 0.5) is 0 Å². The van der Waals surface area contributed by atoms with Gasteiger partial charge in [0.2, 0.25) is 0 Å². The molecule has 22 heavy (non-hydrogen) atoms. The lowest BCUT2D eigenvalue weighted by molar-refractivity contribution is 0.507. The molecule has 0 aliphatic heterocycles. The van der Waals surface area contributed by atoms with Crippen molar-refractivity contribution in [2.45, 2.75) is 53.9 Å². The van der Waals surface area contributed by atoms with Gasteiger partial charge in [0.1, 0.15) is 0 Å². The fourth-order valence-electron chi connectivity index (χ4n) is 2.73. The van der Waals surface area contributed by atoms with Gasteiger partial charge in [-0.3, -0.25) is 0 Å². The average molecular weight is 296 g/mol. The van der Waals surface area contributed by atoms with Gasteiger partial charge in [0.15, 0.2) is 0 Å². The normalized spacial score (nSPS) is 18.8. The molecular weight excluding hydrogens is 264 g/mol. The lowest BCUT2D eigenvalue weighted by Gasteiger charge is -2.28. The number of allylic oxidation sites excluding steroid dienone is 5. The molecule has 0 nitrogen and oxygen atoms in total. The van der Waals surface area contributed by atoms with Gasteiger partial charge < -0.3 is 0 Å². The molecule has 120 valence electrons. The van der Waals surface area contributed by atoms with Crippen LogP contribution in [0.3, 0.4) is 0 Å². The predicted octanol–water partition coefficient (Wildman–Crippen LogP) is 6.92. The third-order valence-electron chi connectivity index (χ3n) is 4.30. The number of hydrogen-bond donors (Lipinski definition) is 0. The summed E-state index contributed by atoms with van der Waals surface area (Å²) >= 11 is 0. The van der Waals surface area contributed by atoms with Crippen molar-refractivity contribution >= 4 is 0 Å². The van der Waals surface area contributed by atoms with Gasteiger partial charge >= 0.3 is 0 Å². The van der Waals surface area contributed by atoms with Crippen molar-refractivity contribution in [2.75, 3.05) is 0 Å². The Morgan fingerprint density at radius 2 is 1.73 bits per heavy atom. The summed E-state index contributed by atoms with van der Waals surface area (Å²) < 4.78 is 0. The van der Waals surface area contributed by atoms with E-state index in [-0.39, 0.29) is 5.41 Å². The molecule has 2 rings (SSSR count). The summed E-state index contributed by atoms with van der Waals surface area (Å²) in [6, 6.07) is 10.7. The molecule has 0 saturated carbocycles. The van der Waals surface area contributed by atoms with Crippen molar-refractivity contribution in [3.63, 3.8) is 0 Å². The van der Waals surface area contributed by atoms with E-state index in [1.54, 1.807) is 0 Å². The molecule has 0 aromatic heterocycles. The molecule has 0 heteroatoms. The van der Waals surface area contributed by atoms with E-state index in [1.165, 1.54) is 16.7 Å². The van der Waals surface area contributed by atoms with Crippen molar-refractivity contribution in [3.8, 4) is 0 Å². The summed E-state index contributed by atoms with van der Waals surface area (Å²) in [5.74, 6) is 0.881. The highest BCUT2D eigenvalue weighted by Crippen LogP contribution is 2.36. The smallest absolute Gasteiger partial charge is 0.00231 e. The molecule has 0 saturated heterocycles. The SMILES string of the molecule is C=C(C1C=CC(C(C)(C)C)=CC1)C(C)c1ccccc1.CC. The molecule has 1 aromatic rings. The van der Waals surface area contributed by atoms with Gasteiger partial charge in [-0.15, -0.1) is 0 Å². The molecule has 0 bridgehead atoms. The Labute approximate surface area is 137 Å². The van der Waals surface area contributed by atoms with Crippen molar-refractivity contribution < 1.29 is 0 Å². The predicted molar refractivity (Wildman–Crippen MR) is 100 cm³/mol. The van der Waals surface area contributed by atoms with E-state index in [4.69, 9.17) is 0 Å². The lowest BCUT2D eigenvalue weighted by atomic mass is 9.77. The summed E-state index contributed by atoms with van der Waals surface area (Å²) in [4.78, 5) is 0. The first kappa shape index (κ1) is 18.5. The van der Waals surface area contributed by atoms with Crippen molar-refractivity contribution in [3.05, 3.63) is 71.8 Å².